The minimum atomic E-state index is -3.79. The highest BCUT2D eigenvalue weighted by Gasteiger charge is 2.31. The minimum Gasteiger partial charge on any atom is -0.379 e. The van der Waals surface area contributed by atoms with Crippen molar-refractivity contribution in [3.8, 4) is 0 Å². The molecule has 1 aromatic carbocycles. The zero-order valence-electron chi connectivity index (χ0n) is 13.6. The summed E-state index contributed by atoms with van der Waals surface area (Å²) in [4.78, 5) is 12.7. The van der Waals surface area contributed by atoms with Crippen LogP contribution in [0.15, 0.2) is 42.6 Å². The van der Waals surface area contributed by atoms with Gasteiger partial charge in [0.05, 0.1) is 19.3 Å². The van der Waals surface area contributed by atoms with Gasteiger partial charge in [0, 0.05) is 19.3 Å². The van der Waals surface area contributed by atoms with Gasteiger partial charge in [-0.2, -0.15) is 22.5 Å². The van der Waals surface area contributed by atoms with E-state index in [4.69, 9.17) is 4.74 Å². The molecule has 9 heteroatoms. The predicted molar refractivity (Wildman–Crippen MR) is 91.3 cm³/mol. The lowest BCUT2D eigenvalue weighted by atomic mass is 10.0. The maximum absolute atomic E-state index is 12.7. The van der Waals surface area contributed by atoms with Crippen LogP contribution in [0.4, 0.5) is 0 Å². The van der Waals surface area contributed by atoms with Gasteiger partial charge in [0.1, 0.15) is 5.69 Å². The Hall–Kier alpha value is -2.07. The molecule has 2 N–H and O–H groups in total. The van der Waals surface area contributed by atoms with Crippen molar-refractivity contribution >= 4 is 16.0 Å². The molecule has 0 amide bonds. The highest BCUT2D eigenvalue weighted by Crippen LogP contribution is 2.11. The summed E-state index contributed by atoms with van der Waals surface area (Å²) in [5.41, 5.74) is 1.13. The molecule has 2 aromatic rings. The highest BCUT2D eigenvalue weighted by atomic mass is 32.2. The van der Waals surface area contributed by atoms with Gasteiger partial charge in [0.2, 0.25) is 0 Å². The number of nitrogens with zero attached hydrogens (tertiary/aromatic N) is 2. The molecule has 1 fully saturated rings. The molecule has 8 nitrogen and oxygen atoms in total. The SMILES string of the molecule is O=C(c1ccn[nH]1)[C@H](Cc1ccccc1)NS(=O)(=O)N1CCOCC1. The largest absolute Gasteiger partial charge is 0.379 e. The Morgan fingerprint density at radius 1 is 1.24 bits per heavy atom. The van der Waals surface area contributed by atoms with Gasteiger partial charge in [-0.1, -0.05) is 30.3 Å². The van der Waals surface area contributed by atoms with Crippen LogP contribution in [0.1, 0.15) is 16.1 Å². The number of rotatable bonds is 7. The number of ether oxygens (including phenoxy) is 1. The van der Waals surface area contributed by atoms with Crippen molar-refractivity contribution in [1.29, 1.82) is 0 Å². The number of carbonyl (C=O) groups is 1. The zero-order valence-corrected chi connectivity index (χ0v) is 14.4. The summed E-state index contributed by atoms with van der Waals surface area (Å²) in [7, 11) is -3.79. The summed E-state index contributed by atoms with van der Waals surface area (Å²) >= 11 is 0. The van der Waals surface area contributed by atoms with Crippen molar-refractivity contribution in [2.45, 2.75) is 12.5 Å². The summed E-state index contributed by atoms with van der Waals surface area (Å²) in [5, 5.41) is 6.37. The number of H-pyrrole nitrogens is 1. The highest BCUT2D eigenvalue weighted by molar-refractivity contribution is 7.87. The fourth-order valence-corrected chi connectivity index (χ4v) is 3.99. The lowest BCUT2D eigenvalue weighted by Crippen LogP contribution is -2.52. The molecule has 0 aliphatic carbocycles. The number of benzene rings is 1. The van der Waals surface area contributed by atoms with Gasteiger partial charge in [-0.25, -0.2) is 0 Å². The number of nitrogens with one attached hydrogen (secondary N) is 2. The van der Waals surface area contributed by atoms with Gasteiger partial charge >= 0.3 is 0 Å². The summed E-state index contributed by atoms with van der Waals surface area (Å²) in [5.74, 6) is -0.349. The second-order valence-corrected chi connectivity index (χ2v) is 7.41. The molecule has 1 aliphatic rings. The summed E-state index contributed by atoms with van der Waals surface area (Å²) in [6, 6.07) is 9.89. The van der Waals surface area contributed by atoms with Crippen LogP contribution < -0.4 is 4.72 Å². The number of carbonyl (C=O) groups excluding carboxylic acids is 1. The first-order valence-electron chi connectivity index (χ1n) is 7.99. The maximum Gasteiger partial charge on any atom is 0.280 e. The van der Waals surface area contributed by atoms with Gasteiger partial charge in [0.25, 0.3) is 10.2 Å². The summed E-state index contributed by atoms with van der Waals surface area (Å²) < 4.78 is 34.3. The fourth-order valence-electron chi connectivity index (χ4n) is 2.66. The molecule has 1 aliphatic heterocycles. The van der Waals surface area contributed by atoms with Gasteiger partial charge in [0.15, 0.2) is 5.78 Å². The van der Waals surface area contributed by atoms with Gasteiger partial charge in [-0.05, 0) is 18.1 Å². The third-order valence-corrected chi connectivity index (χ3v) is 5.59. The topological polar surface area (TPSA) is 104 Å². The average Bonchev–Trinajstić information content (AvgIpc) is 3.17. The van der Waals surface area contributed by atoms with E-state index < -0.39 is 16.3 Å². The van der Waals surface area contributed by atoms with E-state index in [0.717, 1.165) is 5.56 Å². The summed E-state index contributed by atoms with van der Waals surface area (Å²) in [6.45, 7) is 1.23. The number of Topliss-reactive ketones (excluding diaryl/α,β-unsaturated/α-hetero) is 1. The number of hydrogen-bond donors (Lipinski definition) is 2. The van der Waals surface area contributed by atoms with Crippen molar-refractivity contribution in [1.82, 2.24) is 19.2 Å². The van der Waals surface area contributed by atoms with Crippen LogP contribution in [-0.4, -0.2) is 61.0 Å². The van der Waals surface area contributed by atoms with Crippen LogP contribution in [0.3, 0.4) is 0 Å². The van der Waals surface area contributed by atoms with E-state index in [2.05, 4.69) is 14.9 Å². The number of ketones is 1. The third kappa shape index (κ3) is 4.51. The molecule has 3 rings (SSSR count). The summed E-state index contributed by atoms with van der Waals surface area (Å²) in [6.07, 6.45) is 1.71. The lowest BCUT2D eigenvalue weighted by molar-refractivity contribution is 0.0720. The first kappa shape index (κ1) is 17.7. The lowest BCUT2D eigenvalue weighted by Gasteiger charge is -2.28. The monoisotopic (exact) mass is 364 g/mol. The van der Waals surface area contributed by atoms with Crippen LogP contribution >= 0.6 is 0 Å². The Morgan fingerprint density at radius 3 is 2.60 bits per heavy atom. The molecule has 2 heterocycles. The average molecular weight is 364 g/mol. The number of morpholine rings is 1. The smallest absolute Gasteiger partial charge is 0.280 e. The van der Waals surface area contributed by atoms with E-state index in [-0.39, 0.29) is 31.0 Å². The van der Waals surface area contributed by atoms with E-state index >= 15 is 0 Å². The molecule has 0 unspecified atom stereocenters. The van der Waals surface area contributed by atoms with Crippen LogP contribution in [0, 0.1) is 0 Å². The molecule has 25 heavy (non-hydrogen) atoms. The van der Waals surface area contributed by atoms with Crippen molar-refractivity contribution in [2.75, 3.05) is 26.3 Å². The molecule has 1 saturated heterocycles. The van der Waals surface area contributed by atoms with Crippen molar-refractivity contribution in [3.63, 3.8) is 0 Å². The van der Waals surface area contributed by atoms with E-state index in [0.29, 0.717) is 13.2 Å². The maximum atomic E-state index is 12.7. The van der Waals surface area contributed by atoms with Gasteiger partial charge < -0.3 is 4.74 Å². The van der Waals surface area contributed by atoms with E-state index in [1.807, 2.05) is 30.3 Å². The van der Waals surface area contributed by atoms with Crippen LogP contribution in [0.2, 0.25) is 0 Å². The molecular formula is C16H20N4O4S. The molecule has 134 valence electrons. The number of aromatic nitrogens is 2. The molecule has 0 bridgehead atoms. The van der Waals surface area contributed by atoms with E-state index in [1.54, 1.807) is 0 Å². The molecule has 0 saturated carbocycles. The predicted octanol–water partition coefficient (Wildman–Crippen LogP) is 0.370. The Labute approximate surface area is 146 Å². The minimum absolute atomic E-state index is 0.252. The second-order valence-electron chi connectivity index (χ2n) is 5.71. The van der Waals surface area contributed by atoms with Crippen molar-refractivity contribution in [3.05, 3.63) is 53.9 Å². The van der Waals surface area contributed by atoms with Crippen LogP contribution in [0.25, 0.3) is 0 Å². The Kier molecular flexibility index (Phi) is 5.59. The molecule has 1 atom stereocenters. The second kappa shape index (κ2) is 7.87. The van der Waals surface area contributed by atoms with E-state index in [1.165, 1.54) is 16.6 Å². The Bertz CT molecular complexity index is 787. The molecular weight excluding hydrogens is 344 g/mol. The van der Waals surface area contributed by atoms with Gasteiger partial charge in [-0.15, -0.1) is 0 Å². The Balaban J connectivity index is 1.81. The first-order valence-corrected chi connectivity index (χ1v) is 9.43. The van der Waals surface area contributed by atoms with Gasteiger partial charge in [-0.3, -0.25) is 9.89 Å². The normalized spacial score (nSPS) is 17.3. The van der Waals surface area contributed by atoms with Crippen LogP contribution in [0.5, 0.6) is 0 Å². The standard InChI is InChI=1S/C16H20N4O4S/c21-16(14-6-7-17-18-14)15(12-13-4-2-1-3-5-13)19-25(22,23)20-8-10-24-11-9-20/h1-7,15,19H,8-12H2,(H,17,18)/t15-/m0/s1. The molecule has 0 radical (unpaired) electrons. The zero-order chi connectivity index (χ0) is 17.7. The van der Waals surface area contributed by atoms with Crippen molar-refractivity contribution < 1.29 is 17.9 Å². The number of aromatic amines is 1. The van der Waals surface area contributed by atoms with E-state index in [9.17, 15) is 13.2 Å². The van der Waals surface area contributed by atoms with Crippen LogP contribution in [-0.2, 0) is 21.4 Å². The third-order valence-electron chi connectivity index (χ3n) is 3.97. The quantitative estimate of drug-likeness (QED) is 0.691. The van der Waals surface area contributed by atoms with Crippen molar-refractivity contribution in [2.24, 2.45) is 0 Å². The molecule has 0 spiro atoms. The molecule has 1 aromatic heterocycles. The first-order chi connectivity index (χ1) is 12.1. The number of hydrogen-bond acceptors (Lipinski definition) is 5. The Morgan fingerprint density at radius 2 is 1.96 bits per heavy atom. The fraction of sp³-hybridized carbons (Fsp3) is 0.375.